The summed E-state index contributed by atoms with van der Waals surface area (Å²) in [5, 5.41) is 11.8. The summed E-state index contributed by atoms with van der Waals surface area (Å²) in [5.74, 6) is 1.63. The minimum atomic E-state index is 0.521. The van der Waals surface area contributed by atoms with Gasteiger partial charge in [0, 0.05) is 49.9 Å². The smallest absolute Gasteiger partial charge is 0.132 e. The quantitative estimate of drug-likeness (QED) is 0.724. The average molecular weight is 390 g/mol. The number of nitrogens with one attached hydrogen (secondary N) is 1. The van der Waals surface area contributed by atoms with Gasteiger partial charge in [-0.25, -0.2) is 0 Å². The number of hydrogen-bond acceptors (Lipinski definition) is 5. The van der Waals surface area contributed by atoms with E-state index < -0.39 is 0 Å². The van der Waals surface area contributed by atoms with Crippen molar-refractivity contribution in [1.82, 2.24) is 14.8 Å². The van der Waals surface area contributed by atoms with E-state index >= 15 is 0 Å². The van der Waals surface area contributed by atoms with Crippen molar-refractivity contribution in [3.63, 3.8) is 0 Å². The molecule has 0 spiro atoms. The molecule has 29 heavy (non-hydrogen) atoms. The summed E-state index contributed by atoms with van der Waals surface area (Å²) in [7, 11) is 0. The number of aromatic nitrogens is 3. The van der Waals surface area contributed by atoms with E-state index in [9.17, 15) is 0 Å². The first-order valence-electron chi connectivity index (χ1n) is 10.5. The number of benzene rings is 2. The van der Waals surface area contributed by atoms with Crippen LogP contribution in [0.2, 0.25) is 0 Å². The van der Waals surface area contributed by atoms with E-state index in [1.165, 1.54) is 22.5 Å². The Balaban J connectivity index is 1.21. The molecule has 1 unspecified atom stereocenters. The van der Waals surface area contributed by atoms with Crippen molar-refractivity contribution >= 4 is 11.4 Å². The van der Waals surface area contributed by atoms with Gasteiger partial charge in [0.1, 0.15) is 12.2 Å². The number of anilines is 2. The van der Waals surface area contributed by atoms with Gasteiger partial charge in [-0.2, -0.15) is 0 Å². The number of ether oxygens (including phenoxy) is 1. The monoisotopic (exact) mass is 389 g/mol. The molecule has 1 aromatic heterocycles. The van der Waals surface area contributed by atoms with Crippen LogP contribution in [0, 0.1) is 0 Å². The maximum absolute atomic E-state index is 5.44. The largest absolute Gasteiger partial charge is 0.381 e. The fourth-order valence-corrected chi connectivity index (χ4v) is 4.28. The minimum Gasteiger partial charge on any atom is -0.381 e. The maximum Gasteiger partial charge on any atom is 0.132 e. The highest BCUT2D eigenvalue weighted by atomic mass is 16.5. The Bertz CT molecular complexity index is 946. The molecule has 5 rings (SSSR count). The van der Waals surface area contributed by atoms with Gasteiger partial charge in [0.2, 0.25) is 0 Å². The van der Waals surface area contributed by atoms with Gasteiger partial charge in [0.15, 0.2) is 0 Å². The Labute approximate surface area is 171 Å². The molecule has 0 saturated carbocycles. The van der Waals surface area contributed by atoms with Gasteiger partial charge in [-0.1, -0.05) is 24.3 Å². The molecule has 0 bridgehead atoms. The first-order valence-corrected chi connectivity index (χ1v) is 10.5. The molecule has 2 aliphatic heterocycles. The van der Waals surface area contributed by atoms with Crippen molar-refractivity contribution in [2.45, 2.75) is 31.8 Å². The van der Waals surface area contributed by atoms with Crippen molar-refractivity contribution in [2.75, 3.05) is 36.5 Å². The topological polar surface area (TPSA) is 55.2 Å². The molecule has 1 N–H and O–H groups in total. The molecule has 6 heteroatoms. The van der Waals surface area contributed by atoms with Gasteiger partial charge in [-0.3, -0.25) is 0 Å². The molecule has 0 amide bonds. The number of rotatable bonds is 5. The lowest BCUT2D eigenvalue weighted by molar-refractivity contribution is 0.122. The van der Waals surface area contributed by atoms with Crippen LogP contribution in [0.25, 0.3) is 0 Å². The highest BCUT2D eigenvalue weighted by Gasteiger charge is 2.21. The summed E-state index contributed by atoms with van der Waals surface area (Å²) in [6.45, 7) is 5.38. The Morgan fingerprint density at radius 3 is 2.79 bits per heavy atom. The summed E-state index contributed by atoms with van der Waals surface area (Å²) in [5.41, 5.74) is 5.13. The van der Waals surface area contributed by atoms with Crippen LogP contribution in [-0.4, -0.2) is 41.1 Å². The third-order valence-corrected chi connectivity index (χ3v) is 6.00. The fraction of sp³-hybridized carbons (Fsp3) is 0.391. The fourth-order valence-electron chi connectivity index (χ4n) is 4.28. The van der Waals surface area contributed by atoms with Crippen molar-refractivity contribution in [3.8, 4) is 0 Å². The summed E-state index contributed by atoms with van der Waals surface area (Å²) in [6.07, 6.45) is 3.98. The van der Waals surface area contributed by atoms with E-state index in [0.29, 0.717) is 5.92 Å². The van der Waals surface area contributed by atoms with Crippen LogP contribution in [0.3, 0.4) is 0 Å². The third-order valence-electron chi connectivity index (χ3n) is 6.00. The van der Waals surface area contributed by atoms with Crippen LogP contribution in [0.1, 0.15) is 29.3 Å². The van der Waals surface area contributed by atoms with Gasteiger partial charge in [0.05, 0.1) is 13.2 Å². The predicted molar refractivity (Wildman–Crippen MR) is 114 cm³/mol. The summed E-state index contributed by atoms with van der Waals surface area (Å²) < 4.78 is 7.62. The SMILES string of the molecule is c1cc(NCc2ccc(N3CCOCC3)cc2)cc(C2CCc3nncn3C2)c1. The van der Waals surface area contributed by atoms with E-state index in [0.717, 1.165) is 58.1 Å². The molecule has 3 heterocycles. The Morgan fingerprint density at radius 1 is 1.07 bits per heavy atom. The second kappa shape index (κ2) is 8.25. The molecular weight excluding hydrogens is 362 g/mol. The van der Waals surface area contributed by atoms with Crippen molar-refractivity contribution < 1.29 is 4.74 Å². The number of fused-ring (bicyclic) bond motifs is 1. The number of hydrogen-bond donors (Lipinski definition) is 1. The highest BCUT2D eigenvalue weighted by molar-refractivity contribution is 5.50. The van der Waals surface area contributed by atoms with E-state index in [4.69, 9.17) is 4.74 Å². The van der Waals surface area contributed by atoms with Gasteiger partial charge < -0.3 is 19.5 Å². The van der Waals surface area contributed by atoms with Gasteiger partial charge in [-0.15, -0.1) is 10.2 Å². The molecule has 0 radical (unpaired) electrons. The second-order valence-electron chi connectivity index (χ2n) is 7.88. The zero-order chi connectivity index (χ0) is 19.5. The van der Waals surface area contributed by atoms with Crippen LogP contribution in [0.15, 0.2) is 54.9 Å². The molecular formula is C23H27N5O. The van der Waals surface area contributed by atoms with Crippen molar-refractivity contribution in [3.05, 3.63) is 71.8 Å². The van der Waals surface area contributed by atoms with Gasteiger partial charge >= 0.3 is 0 Å². The average Bonchev–Trinajstić information content (AvgIpc) is 3.27. The number of morpholine rings is 1. The second-order valence-corrected chi connectivity index (χ2v) is 7.88. The molecule has 1 saturated heterocycles. The van der Waals surface area contributed by atoms with Crippen LogP contribution in [0.4, 0.5) is 11.4 Å². The van der Waals surface area contributed by atoms with Crippen LogP contribution >= 0.6 is 0 Å². The molecule has 3 aromatic rings. The maximum atomic E-state index is 5.44. The number of nitrogens with zero attached hydrogens (tertiary/aromatic N) is 4. The normalized spacial score (nSPS) is 19.0. The highest BCUT2D eigenvalue weighted by Crippen LogP contribution is 2.29. The summed E-state index contributed by atoms with van der Waals surface area (Å²) in [4.78, 5) is 2.38. The standard InChI is InChI=1S/C23H27N5O/c1-2-19(20-6-9-23-26-25-17-28(23)16-20)14-21(3-1)24-15-18-4-7-22(8-5-18)27-10-12-29-13-11-27/h1-5,7-8,14,17,20,24H,6,9-13,15-16H2. The zero-order valence-corrected chi connectivity index (χ0v) is 16.6. The van der Waals surface area contributed by atoms with E-state index in [1.807, 2.05) is 6.33 Å². The lowest BCUT2D eigenvalue weighted by Crippen LogP contribution is -2.36. The molecule has 6 nitrogen and oxygen atoms in total. The minimum absolute atomic E-state index is 0.521. The summed E-state index contributed by atoms with van der Waals surface area (Å²) in [6, 6.07) is 17.7. The van der Waals surface area contributed by atoms with Crippen LogP contribution in [0.5, 0.6) is 0 Å². The molecule has 1 fully saturated rings. The number of aryl methyl sites for hydroxylation is 1. The lowest BCUT2D eigenvalue weighted by Gasteiger charge is -2.29. The Hall–Kier alpha value is -2.86. The predicted octanol–water partition coefficient (Wildman–Crippen LogP) is 3.46. The Kier molecular flexibility index (Phi) is 5.17. The van der Waals surface area contributed by atoms with E-state index in [-0.39, 0.29) is 0 Å². The van der Waals surface area contributed by atoms with Crippen molar-refractivity contribution in [1.29, 1.82) is 0 Å². The molecule has 0 aliphatic carbocycles. The zero-order valence-electron chi connectivity index (χ0n) is 16.6. The first-order chi connectivity index (χ1) is 14.3. The Morgan fingerprint density at radius 2 is 1.93 bits per heavy atom. The molecule has 150 valence electrons. The van der Waals surface area contributed by atoms with Crippen LogP contribution in [-0.2, 0) is 24.2 Å². The molecule has 2 aromatic carbocycles. The van der Waals surface area contributed by atoms with E-state index in [2.05, 4.69) is 73.5 Å². The molecule has 2 aliphatic rings. The van der Waals surface area contributed by atoms with Gasteiger partial charge in [0.25, 0.3) is 0 Å². The van der Waals surface area contributed by atoms with E-state index in [1.54, 1.807) is 0 Å². The third kappa shape index (κ3) is 4.12. The first kappa shape index (κ1) is 18.2. The molecule has 1 atom stereocenters. The van der Waals surface area contributed by atoms with Crippen molar-refractivity contribution in [2.24, 2.45) is 0 Å². The van der Waals surface area contributed by atoms with Gasteiger partial charge in [-0.05, 0) is 41.8 Å². The van der Waals surface area contributed by atoms with Crippen LogP contribution < -0.4 is 10.2 Å². The lowest BCUT2D eigenvalue weighted by atomic mass is 9.91. The summed E-state index contributed by atoms with van der Waals surface area (Å²) >= 11 is 0.